The van der Waals surface area contributed by atoms with Gasteiger partial charge in [-0.25, -0.2) is 0 Å². The Bertz CT molecular complexity index is 90.6. The smallest absolute Gasteiger partial charge is 0.0797 e. The Hall–Kier alpha value is -0.0400. The number of rotatable bonds is 0. The van der Waals surface area contributed by atoms with E-state index in [4.69, 9.17) is 0 Å². The largest absolute Gasteiger partial charge is 0.337 e. The van der Waals surface area contributed by atoms with Crippen LogP contribution in [0.4, 0.5) is 0 Å². The predicted molar refractivity (Wildman–Crippen MR) is 39.6 cm³/mol. The van der Waals surface area contributed by atoms with Gasteiger partial charge in [-0.15, -0.1) is 0 Å². The second-order valence-corrected chi connectivity index (χ2v) is 3.65. The molecule has 1 aliphatic heterocycles. The molecule has 1 fully saturated rings. The summed E-state index contributed by atoms with van der Waals surface area (Å²) < 4.78 is 0. The second kappa shape index (κ2) is 2.70. The molecule has 1 rings (SSSR count). The van der Waals surface area contributed by atoms with Gasteiger partial charge < -0.3 is 4.90 Å². The highest BCUT2D eigenvalue weighted by atomic mass is 15.1. The second-order valence-electron chi connectivity index (χ2n) is 3.65. The molecule has 0 aromatic rings. The molecule has 3 atom stereocenters. The van der Waals surface area contributed by atoms with Crippen LogP contribution in [-0.4, -0.2) is 20.1 Å². The summed E-state index contributed by atoms with van der Waals surface area (Å²) in [6.07, 6.45) is 1.42. The van der Waals surface area contributed by atoms with Crippen molar-refractivity contribution in [3.63, 3.8) is 0 Å². The van der Waals surface area contributed by atoms with Crippen LogP contribution in [0.2, 0.25) is 0 Å². The molecule has 0 spiro atoms. The van der Waals surface area contributed by atoms with Gasteiger partial charge in [0.15, 0.2) is 0 Å². The minimum absolute atomic E-state index is 0.943. The van der Waals surface area contributed by atoms with E-state index >= 15 is 0 Å². The summed E-state index contributed by atoms with van der Waals surface area (Å²) in [4.78, 5) is 1.71. The number of likely N-dealkylation sites (tertiary alicyclic amines) is 1. The summed E-state index contributed by atoms with van der Waals surface area (Å²) in [7, 11) is 2.29. The molecular formula is C8H18N+. The SMILES string of the molecule is CC1CC[NH+](C)CC1C. The first kappa shape index (κ1) is 7.07. The molecule has 0 radical (unpaired) electrons. The first-order valence-corrected chi connectivity index (χ1v) is 4.01. The zero-order valence-electron chi connectivity index (χ0n) is 6.78. The summed E-state index contributed by atoms with van der Waals surface area (Å²) in [5.41, 5.74) is 0. The summed E-state index contributed by atoms with van der Waals surface area (Å²) in [5, 5.41) is 0. The van der Waals surface area contributed by atoms with Crippen molar-refractivity contribution < 1.29 is 4.90 Å². The van der Waals surface area contributed by atoms with Gasteiger partial charge in [0.1, 0.15) is 0 Å². The normalized spacial score (nSPS) is 45.0. The molecule has 54 valence electrons. The number of nitrogens with one attached hydrogen (secondary N) is 1. The van der Waals surface area contributed by atoms with Crippen LogP contribution in [0.5, 0.6) is 0 Å². The molecule has 1 heterocycles. The average Bonchev–Trinajstić information content (AvgIpc) is 1.80. The summed E-state index contributed by atoms with van der Waals surface area (Å²) in [6, 6.07) is 0. The predicted octanol–water partition coefficient (Wildman–Crippen LogP) is 0.177. The van der Waals surface area contributed by atoms with Crippen LogP contribution < -0.4 is 4.90 Å². The molecular weight excluding hydrogens is 110 g/mol. The lowest BCUT2D eigenvalue weighted by molar-refractivity contribution is -0.889. The van der Waals surface area contributed by atoms with E-state index in [0.717, 1.165) is 11.8 Å². The molecule has 0 aliphatic carbocycles. The van der Waals surface area contributed by atoms with Gasteiger partial charge in [-0.1, -0.05) is 13.8 Å². The molecule has 0 bridgehead atoms. The first-order valence-electron chi connectivity index (χ1n) is 4.01. The summed E-state index contributed by atoms with van der Waals surface area (Å²) >= 11 is 0. The Balaban J connectivity index is 2.35. The maximum Gasteiger partial charge on any atom is 0.0797 e. The minimum atomic E-state index is 0.943. The van der Waals surface area contributed by atoms with Crippen LogP contribution >= 0.6 is 0 Å². The lowest BCUT2D eigenvalue weighted by Gasteiger charge is -2.29. The number of quaternary nitrogens is 1. The van der Waals surface area contributed by atoms with Crippen LogP contribution in [0.15, 0.2) is 0 Å². The zero-order chi connectivity index (χ0) is 6.85. The lowest BCUT2D eigenvalue weighted by atomic mass is 9.89. The van der Waals surface area contributed by atoms with Crippen molar-refractivity contribution >= 4 is 0 Å². The van der Waals surface area contributed by atoms with E-state index in [1.807, 2.05) is 0 Å². The molecule has 0 aromatic heterocycles. The minimum Gasteiger partial charge on any atom is -0.337 e. The monoisotopic (exact) mass is 128 g/mol. The fraction of sp³-hybridized carbons (Fsp3) is 1.00. The molecule has 3 unspecified atom stereocenters. The molecule has 1 aliphatic rings. The summed E-state index contributed by atoms with van der Waals surface area (Å²) in [5.74, 6) is 1.91. The summed E-state index contributed by atoms with van der Waals surface area (Å²) in [6.45, 7) is 7.50. The zero-order valence-corrected chi connectivity index (χ0v) is 6.78. The molecule has 0 amide bonds. The van der Waals surface area contributed by atoms with Gasteiger partial charge in [0.2, 0.25) is 0 Å². The molecule has 0 saturated carbocycles. The maximum atomic E-state index is 2.37. The van der Waals surface area contributed by atoms with E-state index in [2.05, 4.69) is 20.9 Å². The van der Waals surface area contributed by atoms with Gasteiger partial charge >= 0.3 is 0 Å². The quantitative estimate of drug-likeness (QED) is 0.474. The van der Waals surface area contributed by atoms with E-state index in [-0.39, 0.29) is 0 Å². The van der Waals surface area contributed by atoms with Crippen molar-refractivity contribution in [1.82, 2.24) is 0 Å². The van der Waals surface area contributed by atoms with Gasteiger partial charge in [0.25, 0.3) is 0 Å². The van der Waals surface area contributed by atoms with Crippen molar-refractivity contribution in [3.8, 4) is 0 Å². The maximum absolute atomic E-state index is 2.37. The third kappa shape index (κ3) is 1.68. The third-order valence-electron chi connectivity index (χ3n) is 2.67. The van der Waals surface area contributed by atoms with Crippen LogP contribution in [-0.2, 0) is 0 Å². The third-order valence-corrected chi connectivity index (χ3v) is 2.67. The van der Waals surface area contributed by atoms with Crippen molar-refractivity contribution in [2.45, 2.75) is 20.3 Å². The average molecular weight is 128 g/mol. The molecule has 0 aromatic carbocycles. The fourth-order valence-corrected chi connectivity index (χ4v) is 1.61. The van der Waals surface area contributed by atoms with Crippen molar-refractivity contribution in [2.75, 3.05) is 20.1 Å². The Morgan fingerprint density at radius 3 is 2.33 bits per heavy atom. The Morgan fingerprint density at radius 1 is 1.22 bits per heavy atom. The highest BCUT2D eigenvalue weighted by molar-refractivity contribution is 4.63. The van der Waals surface area contributed by atoms with E-state index < -0.39 is 0 Å². The molecule has 1 N–H and O–H groups in total. The van der Waals surface area contributed by atoms with Gasteiger partial charge in [-0.3, -0.25) is 0 Å². The van der Waals surface area contributed by atoms with Crippen molar-refractivity contribution in [3.05, 3.63) is 0 Å². The molecule has 9 heavy (non-hydrogen) atoms. The lowest BCUT2D eigenvalue weighted by Crippen LogP contribution is -3.10. The fourth-order valence-electron chi connectivity index (χ4n) is 1.61. The molecule has 1 heteroatoms. The number of piperidine rings is 1. The van der Waals surface area contributed by atoms with E-state index in [9.17, 15) is 0 Å². The van der Waals surface area contributed by atoms with Gasteiger partial charge in [-0.2, -0.15) is 0 Å². The van der Waals surface area contributed by atoms with Gasteiger partial charge in [0.05, 0.1) is 20.1 Å². The Morgan fingerprint density at radius 2 is 1.89 bits per heavy atom. The highest BCUT2D eigenvalue weighted by Crippen LogP contribution is 2.14. The Kier molecular flexibility index (Phi) is 2.12. The standard InChI is InChI=1S/C8H17N/c1-7-4-5-9(3)6-8(7)2/h7-8H,4-6H2,1-3H3/p+1. The van der Waals surface area contributed by atoms with Gasteiger partial charge in [-0.05, 0) is 12.3 Å². The first-order chi connectivity index (χ1) is 4.20. The van der Waals surface area contributed by atoms with Crippen molar-refractivity contribution in [2.24, 2.45) is 11.8 Å². The van der Waals surface area contributed by atoms with E-state index in [0.29, 0.717) is 0 Å². The van der Waals surface area contributed by atoms with Gasteiger partial charge in [0, 0.05) is 5.92 Å². The molecule has 1 saturated heterocycles. The number of hydrogen-bond acceptors (Lipinski definition) is 0. The van der Waals surface area contributed by atoms with Crippen LogP contribution in [0.25, 0.3) is 0 Å². The number of hydrogen-bond donors (Lipinski definition) is 1. The van der Waals surface area contributed by atoms with E-state index in [1.165, 1.54) is 19.5 Å². The Labute approximate surface area is 58.0 Å². The molecule has 1 nitrogen and oxygen atoms in total. The van der Waals surface area contributed by atoms with Crippen molar-refractivity contribution in [1.29, 1.82) is 0 Å². The van der Waals surface area contributed by atoms with E-state index in [1.54, 1.807) is 4.90 Å². The van der Waals surface area contributed by atoms with Crippen LogP contribution in [0.1, 0.15) is 20.3 Å². The van der Waals surface area contributed by atoms with Crippen LogP contribution in [0, 0.1) is 11.8 Å². The van der Waals surface area contributed by atoms with Crippen LogP contribution in [0.3, 0.4) is 0 Å². The highest BCUT2D eigenvalue weighted by Gasteiger charge is 2.22. The topological polar surface area (TPSA) is 4.44 Å².